The molecule has 0 bridgehead atoms. The molecule has 0 radical (unpaired) electrons. The van der Waals surface area contributed by atoms with E-state index < -0.39 is 6.23 Å². The molecule has 0 unspecified atom stereocenters. The zero-order chi connectivity index (χ0) is 16.9. The number of phenols is 1. The van der Waals surface area contributed by atoms with Crippen molar-refractivity contribution in [2.75, 3.05) is 13.1 Å². The van der Waals surface area contributed by atoms with Gasteiger partial charge in [0.15, 0.2) is 0 Å². The van der Waals surface area contributed by atoms with E-state index in [-0.39, 0.29) is 11.7 Å². The summed E-state index contributed by atoms with van der Waals surface area (Å²) < 4.78 is 0. The standard InChI is InChI=1S/C21H27NO2/c1-16(19-7-9-20(23)10-8-19)21(24)22-13-11-18(12-14-22)15-17-5-3-2-4-6-17/h2-10,16,18,21,23-24H,11-15H2,1H3/t16-,21+/m1/s1. The van der Waals surface area contributed by atoms with Gasteiger partial charge in [-0.1, -0.05) is 49.4 Å². The van der Waals surface area contributed by atoms with Crippen LogP contribution in [0.15, 0.2) is 54.6 Å². The molecule has 1 heterocycles. The first kappa shape index (κ1) is 17.0. The van der Waals surface area contributed by atoms with E-state index in [1.54, 1.807) is 12.1 Å². The number of aliphatic hydroxyl groups is 1. The summed E-state index contributed by atoms with van der Waals surface area (Å²) in [5.74, 6) is 1.01. The van der Waals surface area contributed by atoms with Crippen LogP contribution in [-0.2, 0) is 6.42 Å². The lowest BCUT2D eigenvalue weighted by Gasteiger charge is -2.37. The predicted octanol–water partition coefficient (Wildman–Crippen LogP) is 3.77. The molecule has 128 valence electrons. The third-order valence-corrected chi connectivity index (χ3v) is 5.26. The number of aromatic hydroxyl groups is 1. The molecule has 2 atom stereocenters. The van der Waals surface area contributed by atoms with E-state index in [0.717, 1.165) is 37.9 Å². The lowest BCUT2D eigenvalue weighted by atomic mass is 9.89. The van der Waals surface area contributed by atoms with E-state index in [1.807, 2.05) is 19.1 Å². The fraction of sp³-hybridized carbons (Fsp3) is 0.429. The molecular formula is C21H27NO2. The van der Waals surface area contributed by atoms with E-state index in [4.69, 9.17) is 0 Å². The molecule has 3 heteroatoms. The van der Waals surface area contributed by atoms with Crippen LogP contribution in [-0.4, -0.2) is 34.4 Å². The SMILES string of the molecule is C[C@H](c1ccc(O)cc1)[C@H](O)N1CCC(Cc2ccccc2)CC1. The summed E-state index contributed by atoms with van der Waals surface area (Å²) in [4.78, 5) is 2.19. The minimum Gasteiger partial charge on any atom is -0.508 e. The number of hydrogen-bond acceptors (Lipinski definition) is 3. The summed E-state index contributed by atoms with van der Waals surface area (Å²) in [5, 5.41) is 20.1. The average molecular weight is 325 g/mol. The van der Waals surface area contributed by atoms with Crippen LogP contribution in [0.25, 0.3) is 0 Å². The topological polar surface area (TPSA) is 43.7 Å². The van der Waals surface area contributed by atoms with Crippen LogP contribution < -0.4 is 0 Å². The van der Waals surface area contributed by atoms with Gasteiger partial charge in [0.1, 0.15) is 12.0 Å². The summed E-state index contributed by atoms with van der Waals surface area (Å²) in [5.41, 5.74) is 2.47. The minimum atomic E-state index is -0.466. The van der Waals surface area contributed by atoms with Crippen molar-refractivity contribution in [1.82, 2.24) is 4.90 Å². The van der Waals surface area contributed by atoms with Crippen LogP contribution in [0.4, 0.5) is 0 Å². The zero-order valence-corrected chi connectivity index (χ0v) is 14.3. The van der Waals surface area contributed by atoms with Crippen molar-refractivity contribution in [1.29, 1.82) is 0 Å². The Morgan fingerprint density at radius 2 is 1.62 bits per heavy atom. The molecule has 1 saturated heterocycles. The van der Waals surface area contributed by atoms with Gasteiger partial charge in [0.05, 0.1) is 0 Å². The van der Waals surface area contributed by atoms with E-state index in [9.17, 15) is 10.2 Å². The van der Waals surface area contributed by atoms with Gasteiger partial charge < -0.3 is 10.2 Å². The van der Waals surface area contributed by atoms with Gasteiger partial charge in [-0.15, -0.1) is 0 Å². The van der Waals surface area contributed by atoms with Crippen molar-refractivity contribution in [2.45, 2.75) is 38.3 Å². The van der Waals surface area contributed by atoms with Crippen molar-refractivity contribution in [2.24, 2.45) is 5.92 Å². The molecule has 2 N–H and O–H groups in total. The molecule has 0 aliphatic carbocycles. The third-order valence-electron chi connectivity index (χ3n) is 5.26. The highest BCUT2D eigenvalue weighted by molar-refractivity contribution is 5.28. The van der Waals surface area contributed by atoms with Gasteiger partial charge in [-0.05, 0) is 48.4 Å². The van der Waals surface area contributed by atoms with E-state index in [2.05, 4.69) is 35.2 Å². The Balaban J connectivity index is 1.53. The molecule has 0 amide bonds. The summed E-state index contributed by atoms with van der Waals surface area (Å²) in [6, 6.07) is 17.8. The lowest BCUT2D eigenvalue weighted by molar-refractivity contribution is -0.0313. The number of likely N-dealkylation sites (tertiary alicyclic amines) is 1. The van der Waals surface area contributed by atoms with Crippen molar-refractivity contribution >= 4 is 0 Å². The van der Waals surface area contributed by atoms with Gasteiger partial charge in [-0.3, -0.25) is 4.90 Å². The van der Waals surface area contributed by atoms with Gasteiger partial charge in [0, 0.05) is 19.0 Å². The Morgan fingerprint density at radius 3 is 2.25 bits per heavy atom. The summed E-state index contributed by atoms with van der Waals surface area (Å²) in [6.45, 7) is 3.94. The molecule has 0 spiro atoms. The quantitative estimate of drug-likeness (QED) is 0.879. The Hall–Kier alpha value is -1.84. The smallest absolute Gasteiger partial charge is 0.115 e. The highest BCUT2D eigenvalue weighted by Gasteiger charge is 2.27. The van der Waals surface area contributed by atoms with E-state index >= 15 is 0 Å². The molecule has 0 aromatic heterocycles. The molecule has 2 aromatic carbocycles. The molecule has 2 aromatic rings. The van der Waals surface area contributed by atoms with Crippen LogP contribution in [0.1, 0.15) is 36.8 Å². The number of benzene rings is 2. The number of aliphatic hydroxyl groups excluding tert-OH is 1. The summed E-state index contributed by atoms with van der Waals surface area (Å²) in [6.07, 6.45) is 2.94. The van der Waals surface area contributed by atoms with Crippen LogP contribution in [0, 0.1) is 5.92 Å². The Kier molecular flexibility index (Phi) is 5.54. The van der Waals surface area contributed by atoms with Gasteiger partial charge in [0.25, 0.3) is 0 Å². The first-order chi connectivity index (χ1) is 11.6. The second kappa shape index (κ2) is 7.82. The Bertz CT molecular complexity index is 618. The second-order valence-corrected chi connectivity index (χ2v) is 6.96. The van der Waals surface area contributed by atoms with E-state index in [1.165, 1.54) is 5.56 Å². The number of hydrogen-bond donors (Lipinski definition) is 2. The maximum absolute atomic E-state index is 10.7. The summed E-state index contributed by atoms with van der Waals surface area (Å²) >= 11 is 0. The van der Waals surface area contributed by atoms with Crippen molar-refractivity contribution in [3.05, 3.63) is 65.7 Å². The third kappa shape index (κ3) is 4.16. The first-order valence-corrected chi connectivity index (χ1v) is 8.88. The highest BCUT2D eigenvalue weighted by atomic mass is 16.3. The number of phenolic OH excluding ortho intramolecular Hbond substituents is 1. The molecule has 3 nitrogen and oxygen atoms in total. The Morgan fingerprint density at radius 1 is 1.00 bits per heavy atom. The van der Waals surface area contributed by atoms with Gasteiger partial charge in [-0.25, -0.2) is 0 Å². The minimum absolute atomic E-state index is 0.0382. The normalized spacial score (nSPS) is 19.1. The van der Waals surface area contributed by atoms with Gasteiger partial charge >= 0.3 is 0 Å². The van der Waals surface area contributed by atoms with E-state index in [0.29, 0.717) is 5.92 Å². The predicted molar refractivity (Wildman–Crippen MR) is 97.0 cm³/mol. The van der Waals surface area contributed by atoms with Crippen molar-refractivity contribution < 1.29 is 10.2 Å². The number of rotatable bonds is 5. The fourth-order valence-corrected chi connectivity index (χ4v) is 3.64. The molecule has 1 fully saturated rings. The van der Waals surface area contributed by atoms with Crippen molar-refractivity contribution in [3.8, 4) is 5.75 Å². The van der Waals surface area contributed by atoms with Gasteiger partial charge in [0.2, 0.25) is 0 Å². The maximum Gasteiger partial charge on any atom is 0.115 e. The second-order valence-electron chi connectivity index (χ2n) is 6.96. The van der Waals surface area contributed by atoms with Crippen molar-refractivity contribution in [3.63, 3.8) is 0 Å². The fourth-order valence-electron chi connectivity index (χ4n) is 3.64. The molecule has 1 aliphatic heterocycles. The molecular weight excluding hydrogens is 298 g/mol. The highest BCUT2D eigenvalue weighted by Crippen LogP contribution is 2.28. The number of nitrogens with zero attached hydrogens (tertiary/aromatic N) is 1. The first-order valence-electron chi connectivity index (χ1n) is 8.88. The lowest BCUT2D eigenvalue weighted by Crippen LogP contribution is -2.44. The molecule has 0 saturated carbocycles. The van der Waals surface area contributed by atoms with Gasteiger partial charge in [-0.2, -0.15) is 0 Å². The van der Waals surface area contributed by atoms with Crippen LogP contribution in [0.5, 0.6) is 5.75 Å². The van der Waals surface area contributed by atoms with Crippen LogP contribution in [0.3, 0.4) is 0 Å². The average Bonchev–Trinajstić information content (AvgIpc) is 2.63. The monoisotopic (exact) mass is 325 g/mol. The molecule has 24 heavy (non-hydrogen) atoms. The number of piperidine rings is 1. The maximum atomic E-state index is 10.7. The molecule has 1 aliphatic rings. The summed E-state index contributed by atoms with van der Waals surface area (Å²) in [7, 11) is 0. The van der Waals surface area contributed by atoms with Crippen LogP contribution >= 0.6 is 0 Å². The van der Waals surface area contributed by atoms with Crippen LogP contribution in [0.2, 0.25) is 0 Å². The zero-order valence-electron chi connectivity index (χ0n) is 14.3. The molecule has 3 rings (SSSR count). The largest absolute Gasteiger partial charge is 0.508 e. The Labute approximate surface area is 144 Å².